The van der Waals surface area contributed by atoms with E-state index >= 15 is 0 Å². The van der Waals surface area contributed by atoms with Gasteiger partial charge in [-0.2, -0.15) is 0 Å². The predicted octanol–water partition coefficient (Wildman–Crippen LogP) is 17.6. The normalized spacial score (nSPS) is 12.6. The van der Waals surface area contributed by atoms with Crippen LogP contribution in [0.15, 0.2) is 265 Å². The lowest BCUT2D eigenvalue weighted by Crippen LogP contribution is -2.28. The van der Waals surface area contributed by atoms with Crippen molar-refractivity contribution in [2.45, 2.75) is 5.41 Å². The van der Waals surface area contributed by atoms with Crippen molar-refractivity contribution < 1.29 is 4.42 Å². The number of rotatable bonds is 8. The fourth-order valence-corrected chi connectivity index (χ4v) is 11.0. The van der Waals surface area contributed by atoms with Gasteiger partial charge in [0.1, 0.15) is 11.2 Å². The Kier molecular flexibility index (Phi) is 9.11. The van der Waals surface area contributed by atoms with Gasteiger partial charge in [-0.15, -0.1) is 0 Å². The number of hydrogen-bond donors (Lipinski definition) is 0. The molecule has 2 heteroatoms. The van der Waals surface area contributed by atoms with Gasteiger partial charge in [-0.1, -0.05) is 218 Å². The quantitative estimate of drug-likeness (QED) is 0.151. The second-order valence-electron chi connectivity index (χ2n) is 17.5. The van der Waals surface area contributed by atoms with Crippen LogP contribution in [-0.4, -0.2) is 0 Å². The molecule has 12 aromatic rings. The van der Waals surface area contributed by atoms with Gasteiger partial charge in [-0.3, -0.25) is 0 Å². The van der Waals surface area contributed by atoms with Crippen molar-refractivity contribution in [3.05, 3.63) is 283 Å². The van der Waals surface area contributed by atoms with Crippen molar-refractivity contribution in [2.24, 2.45) is 0 Å². The molecule has 13 rings (SSSR count). The predicted molar refractivity (Wildman–Crippen MR) is 280 cm³/mol. The van der Waals surface area contributed by atoms with Gasteiger partial charge >= 0.3 is 0 Å². The molecule has 11 aromatic carbocycles. The van der Waals surface area contributed by atoms with Crippen LogP contribution >= 0.6 is 0 Å². The van der Waals surface area contributed by atoms with Gasteiger partial charge < -0.3 is 9.32 Å². The molecular formula is C65H43NO. The molecule has 0 amide bonds. The average Bonchev–Trinajstić information content (AvgIpc) is 3.94. The van der Waals surface area contributed by atoms with E-state index in [4.69, 9.17) is 4.42 Å². The molecule has 1 aliphatic carbocycles. The van der Waals surface area contributed by atoms with E-state index in [0.29, 0.717) is 0 Å². The van der Waals surface area contributed by atoms with E-state index in [1.807, 2.05) is 0 Å². The van der Waals surface area contributed by atoms with Crippen LogP contribution in [0.25, 0.3) is 77.2 Å². The minimum Gasteiger partial charge on any atom is -0.455 e. The Hall–Kier alpha value is -8.72. The number of furan rings is 1. The Morgan fingerprint density at radius 3 is 1.46 bits per heavy atom. The summed E-state index contributed by atoms with van der Waals surface area (Å²) >= 11 is 0. The highest BCUT2D eigenvalue weighted by Crippen LogP contribution is 2.58. The molecule has 0 saturated heterocycles. The third kappa shape index (κ3) is 6.11. The molecule has 0 aliphatic heterocycles. The monoisotopic (exact) mass is 853 g/mol. The Morgan fingerprint density at radius 2 is 0.806 bits per heavy atom. The highest BCUT2D eigenvalue weighted by molar-refractivity contribution is 6.24. The molecule has 1 aromatic heterocycles. The van der Waals surface area contributed by atoms with Gasteiger partial charge in [0.25, 0.3) is 0 Å². The van der Waals surface area contributed by atoms with Gasteiger partial charge in [0.15, 0.2) is 0 Å². The first-order valence-electron chi connectivity index (χ1n) is 23.1. The third-order valence-electron chi connectivity index (χ3n) is 13.9. The molecular weight excluding hydrogens is 811 g/mol. The molecule has 314 valence electrons. The molecule has 0 bridgehead atoms. The van der Waals surface area contributed by atoms with Crippen LogP contribution in [0.1, 0.15) is 22.3 Å². The first kappa shape index (κ1) is 38.7. The zero-order chi connectivity index (χ0) is 44.3. The maximum absolute atomic E-state index is 7.13. The first-order chi connectivity index (χ1) is 33.3. The molecule has 1 aliphatic rings. The minimum atomic E-state index is -0.576. The molecule has 0 unspecified atom stereocenters. The molecule has 0 N–H and O–H groups in total. The van der Waals surface area contributed by atoms with Gasteiger partial charge in [0.05, 0.1) is 16.5 Å². The number of fused-ring (bicyclic) bond motifs is 8. The molecule has 1 heterocycles. The van der Waals surface area contributed by atoms with E-state index in [1.165, 1.54) is 50.1 Å². The Morgan fingerprint density at radius 1 is 0.313 bits per heavy atom. The summed E-state index contributed by atoms with van der Waals surface area (Å²) in [5.74, 6) is 0. The van der Waals surface area contributed by atoms with E-state index in [2.05, 4.69) is 266 Å². The van der Waals surface area contributed by atoms with E-state index < -0.39 is 5.41 Å². The lowest BCUT2D eigenvalue weighted by atomic mass is 9.67. The summed E-state index contributed by atoms with van der Waals surface area (Å²) in [7, 11) is 0. The number of nitrogens with zero attached hydrogens (tertiary/aromatic N) is 1. The number of benzene rings is 11. The van der Waals surface area contributed by atoms with Crippen molar-refractivity contribution in [1.29, 1.82) is 0 Å². The maximum Gasteiger partial charge on any atom is 0.143 e. The third-order valence-corrected chi connectivity index (χ3v) is 13.9. The van der Waals surface area contributed by atoms with Crippen molar-refractivity contribution in [3.8, 4) is 44.5 Å². The van der Waals surface area contributed by atoms with Crippen LogP contribution in [0.2, 0.25) is 0 Å². The molecule has 2 nitrogen and oxygen atoms in total. The summed E-state index contributed by atoms with van der Waals surface area (Å²) in [5, 5.41) is 4.39. The average molecular weight is 854 g/mol. The molecule has 0 spiro atoms. The topological polar surface area (TPSA) is 16.4 Å². The van der Waals surface area contributed by atoms with Crippen LogP contribution in [0, 0.1) is 0 Å². The molecule has 0 saturated carbocycles. The first-order valence-corrected chi connectivity index (χ1v) is 23.1. The summed E-state index contributed by atoms with van der Waals surface area (Å²) in [5.41, 5.74) is 18.7. The lowest BCUT2D eigenvalue weighted by Gasteiger charge is -2.35. The zero-order valence-electron chi connectivity index (χ0n) is 36.7. The smallest absolute Gasteiger partial charge is 0.143 e. The summed E-state index contributed by atoms with van der Waals surface area (Å²) < 4.78 is 7.13. The lowest BCUT2D eigenvalue weighted by molar-refractivity contribution is 0.673. The van der Waals surface area contributed by atoms with Gasteiger partial charge in [0, 0.05) is 27.7 Å². The highest BCUT2D eigenvalue weighted by Gasteiger charge is 2.46. The van der Waals surface area contributed by atoms with E-state index in [9.17, 15) is 0 Å². The van der Waals surface area contributed by atoms with Crippen molar-refractivity contribution in [3.63, 3.8) is 0 Å². The fraction of sp³-hybridized carbons (Fsp3) is 0.0154. The summed E-state index contributed by atoms with van der Waals surface area (Å²) in [4.78, 5) is 2.50. The molecule has 0 atom stereocenters. The summed E-state index contributed by atoms with van der Waals surface area (Å²) in [6, 6.07) is 95.0. The van der Waals surface area contributed by atoms with E-state index in [-0.39, 0.29) is 0 Å². The van der Waals surface area contributed by atoms with Crippen LogP contribution in [0.4, 0.5) is 17.1 Å². The van der Waals surface area contributed by atoms with Crippen LogP contribution < -0.4 is 4.90 Å². The maximum atomic E-state index is 7.13. The Balaban J connectivity index is 1.16. The largest absolute Gasteiger partial charge is 0.455 e. The van der Waals surface area contributed by atoms with Crippen molar-refractivity contribution >= 4 is 49.8 Å². The van der Waals surface area contributed by atoms with Gasteiger partial charge in [-0.25, -0.2) is 0 Å². The van der Waals surface area contributed by atoms with E-state index in [1.54, 1.807) is 0 Å². The van der Waals surface area contributed by atoms with Crippen LogP contribution in [0.5, 0.6) is 0 Å². The minimum absolute atomic E-state index is 0.576. The second kappa shape index (κ2) is 15.8. The SMILES string of the molecule is c1ccc(-c2ccc(N(c3ccc4c(c3)C(c3ccccc3)(c3ccccc3)c3ccccc3-4)c3c(-c4ccccc4)ccc4oc5c6ccccc6c(-c6ccccc6)cc5c34)cc2)cc1. The second-order valence-corrected chi connectivity index (χ2v) is 17.5. The van der Waals surface area contributed by atoms with Crippen LogP contribution in [0.3, 0.4) is 0 Å². The molecule has 0 fully saturated rings. The van der Waals surface area contributed by atoms with Crippen LogP contribution in [-0.2, 0) is 5.41 Å². The highest BCUT2D eigenvalue weighted by atomic mass is 16.3. The molecule has 67 heavy (non-hydrogen) atoms. The molecule has 0 radical (unpaired) electrons. The number of hydrogen-bond acceptors (Lipinski definition) is 2. The number of anilines is 3. The van der Waals surface area contributed by atoms with E-state index in [0.717, 1.165) is 66.5 Å². The standard InChI is InChI=1S/C65H43NO/c1-6-20-44(21-7-1)45-34-36-50(37-35-45)66(51-38-39-55-54-31-18-19-33-59(54)65(60(55)42-51,48-26-12-4-13-27-48)49-28-14-5-15-29-49)63-52(46-22-8-2-9-23-46)40-41-61-62(63)58-43-57(47-24-10-3-11-25-47)53-30-16-17-32-56(53)64(58)67-61/h1-43H. The van der Waals surface area contributed by atoms with Crippen molar-refractivity contribution in [1.82, 2.24) is 0 Å². The van der Waals surface area contributed by atoms with Gasteiger partial charge in [0.2, 0.25) is 0 Å². The summed E-state index contributed by atoms with van der Waals surface area (Å²) in [6.45, 7) is 0. The van der Waals surface area contributed by atoms with Gasteiger partial charge in [-0.05, 0) is 109 Å². The fourth-order valence-electron chi connectivity index (χ4n) is 11.0. The summed E-state index contributed by atoms with van der Waals surface area (Å²) in [6.07, 6.45) is 0. The Labute approximate surface area is 390 Å². The van der Waals surface area contributed by atoms with Crippen molar-refractivity contribution in [2.75, 3.05) is 4.90 Å². The Bertz CT molecular complexity index is 3730. The zero-order valence-corrected chi connectivity index (χ0v) is 36.7.